The molecular formula is C66H131NO5. The first-order valence-corrected chi connectivity index (χ1v) is 33.3. The highest BCUT2D eigenvalue weighted by atomic mass is 16.5. The second-order valence-corrected chi connectivity index (χ2v) is 23.2. The van der Waals surface area contributed by atoms with E-state index >= 15 is 0 Å². The van der Waals surface area contributed by atoms with Crippen LogP contribution in [-0.4, -0.2) is 47.4 Å². The molecule has 2 unspecified atom stereocenters. The first-order chi connectivity index (χ1) is 35.5. The van der Waals surface area contributed by atoms with Crippen molar-refractivity contribution in [3.8, 4) is 0 Å². The SMILES string of the molecule is CCCCCCCCCCCCCCCCCC(=O)OCCCCCCCCCCCCCCCCCCCCCCCCCCCCCCCC(=O)NC(CO)C(O)CCCCCCCCCCCCC. The van der Waals surface area contributed by atoms with E-state index in [9.17, 15) is 19.8 Å². The molecule has 0 rings (SSSR count). The van der Waals surface area contributed by atoms with Gasteiger partial charge < -0.3 is 20.3 Å². The lowest BCUT2D eigenvalue weighted by molar-refractivity contribution is -0.143. The molecule has 430 valence electrons. The lowest BCUT2D eigenvalue weighted by Crippen LogP contribution is -2.45. The van der Waals surface area contributed by atoms with Crippen LogP contribution in [0.2, 0.25) is 0 Å². The average molecular weight is 1020 g/mol. The molecule has 0 aromatic carbocycles. The van der Waals surface area contributed by atoms with E-state index in [-0.39, 0.29) is 18.5 Å². The van der Waals surface area contributed by atoms with Gasteiger partial charge in [0.1, 0.15) is 0 Å². The summed E-state index contributed by atoms with van der Waals surface area (Å²) < 4.78 is 5.50. The predicted molar refractivity (Wildman–Crippen MR) is 315 cm³/mol. The molecule has 1 amide bonds. The number of hydrogen-bond acceptors (Lipinski definition) is 5. The molecule has 0 saturated carbocycles. The Hall–Kier alpha value is -1.14. The van der Waals surface area contributed by atoms with E-state index in [1.807, 2.05) is 0 Å². The van der Waals surface area contributed by atoms with Crippen LogP contribution in [0.15, 0.2) is 0 Å². The summed E-state index contributed by atoms with van der Waals surface area (Å²) in [6.45, 7) is 4.98. The Bertz CT molecular complexity index is 1040. The molecule has 0 bridgehead atoms. The van der Waals surface area contributed by atoms with E-state index in [4.69, 9.17) is 4.74 Å². The first-order valence-electron chi connectivity index (χ1n) is 33.3. The second-order valence-electron chi connectivity index (χ2n) is 23.2. The number of aliphatic hydroxyl groups is 2. The monoisotopic (exact) mass is 1020 g/mol. The van der Waals surface area contributed by atoms with E-state index in [1.165, 1.54) is 315 Å². The maximum atomic E-state index is 12.5. The van der Waals surface area contributed by atoms with Crippen LogP contribution in [0.3, 0.4) is 0 Å². The number of aliphatic hydroxyl groups excluding tert-OH is 2. The second kappa shape index (κ2) is 62.4. The Morgan fingerprint density at radius 2 is 0.569 bits per heavy atom. The van der Waals surface area contributed by atoms with Gasteiger partial charge in [-0.2, -0.15) is 0 Å². The van der Waals surface area contributed by atoms with Crippen molar-refractivity contribution >= 4 is 11.9 Å². The fourth-order valence-corrected chi connectivity index (χ4v) is 10.8. The Balaban J connectivity index is 3.29. The minimum Gasteiger partial charge on any atom is -0.466 e. The topological polar surface area (TPSA) is 95.9 Å². The van der Waals surface area contributed by atoms with Crippen molar-refractivity contribution < 1.29 is 24.5 Å². The highest BCUT2D eigenvalue weighted by molar-refractivity contribution is 5.76. The molecule has 0 heterocycles. The first kappa shape index (κ1) is 70.9. The zero-order valence-corrected chi connectivity index (χ0v) is 49.2. The van der Waals surface area contributed by atoms with Gasteiger partial charge in [0.25, 0.3) is 0 Å². The van der Waals surface area contributed by atoms with E-state index in [0.717, 1.165) is 38.5 Å². The quantitative estimate of drug-likeness (QED) is 0.0417. The summed E-state index contributed by atoms with van der Waals surface area (Å²) in [5, 5.41) is 23.2. The molecule has 0 aromatic rings. The number of nitrogens with one attached hydrogen (secondary N) is 1. The molecule has 2 atom stereocenters. The number of amides is 1. The number of hydrogen-bond donors (Lipinski definition) is 3. The number of ether oxygens (including phenoxy) is 1. The third-order valence-electron chi connectivity index (χ3n) is 15.9. The van der Waals surface area contributed by atoms with Crippen LogP contribution in [0.5, 0.6) is 0 Å². The van der Waals surface area contributed by atoms with Gasteiger partial charge in [-0.1, -0.05) is 348 Å². The van der Waals surface area contributed by atoms with Crippen LogP contribution in [0, 0.1) is 0 Å². The van der Waals surface area contributed by atoms with Crippen molar-refractivity contribution in [2.75, 3.05) is 13.2 Å². The van der Waals surface area contributed by atoms with E-state index in [1.54, 1.807) is 0 Å². The van der Waals surface area contributed by atoms with Gasteiger partial charge in [0.15, 0.2) is 0 Å². The molecule has 0 spiro atoms. The van der Waals surface area contributed by atoms with E-state index < -0.39 is 12.1 Å². The van der Waals surface area contributed by atoms with Crippen molar-refractivity contribution in [3.63, 3.8) is 0 Å². The summed E-state index contributed by atoms with van der Waals surface area (Å²) in [6.07, 6.45) is 74.3. The number of rotatable bonds is 63. The van der Waals surface area contributed by atoms with E-state index in [0.29, 0.717) is 25.9 Å². The smallest absolute Gasteiger partial charge is 0.305 e. The fraction of sp³-hybridized carbons (Fsp3) is 0.970. The van der Waals surface area contributed by atoms with Gasteiger partial charge in [-0.25, -0.2) is 0 Å². The molecule has 6 heteroatoms. The van der Waals surface area contributed by atoms with Crippen molar-refractivity contribution in [1.82, 2.24) is 5.32 Å². The lowest BCUT2D eigenvalue weighted by Gasteiger charge is -2.22. The van der Waals surface area contributed by atoms with Gasteiger partial charge in [0.2, 0.25) is 5.91 Å². The van der Waals surface area contributed by atoms with Gasteiger partial charge in [0.05, 0.1) is 25.4 Å². The Morgan fingerprint density at radius 1 is 0.333 bits per heavy atom. The zero-order chi connectivity index (χ0) is 52.2. The van der Waals surface area contributed by atoms with Crippen molar-refractivity contribution in [2.24, 2.45) is 0 Å². The molecule has 3 N–H and O–H groups in total. The normalized spacial score (nSPS) is 12.4. The summed E-state index contributed by atoms with van der Waals surface area (Å²) in [6, 6.07) is -0.536. The highest BCUT2D eigenvalue weighted by Crippen LogP contribution is 2.19. The molecule has 6 nitrogen and oxygen atoms in total. The van der Waals surface area contributed by atoms with Gasteiger partial charge in [-0.15, -0.1) is 0 Å². The van der Waals surface area contributed by atoms with Crippen molar-refractivity contribution in [2.45, 2.75) is 398 Å². The van der Waals surface area contributed by atoms with Crippen LogP contribution < -0.4 is 5.32 Å². The molecule has 0 fully saturated rings. The van der Waals surface area contributed by atoms with Gasteiger partial charge >= 0.3 is 5.97 Å². The molecule has 0 aliphatic rings. The number of esters is 1. The van der Waals surface area contributed by atoms with Gasteiger partial charge in [0, 0.05) is 12.8 Å². The van der Waals surface area contributed by atoms with Gasteiger partial charge in [-0.3, -0.25) is 9.59 Å². The predicted octanol–water partition coefficient (Wildman–Crippen LogP) is 21.0. The van der Waals surface area contributed by atoms with Crippen LogP contribution in [0.1, 0.15) is 386 Å². The molecule has 0 aliphatic heterocycles. The Kier molecular flexibility index (Phi) is 61.4. The summed E-state index contributed by atoms with van der Waals surface area (Å²) in [5.41, 5.74) is 0. The van der Waals surface area contributed by atoms with Crippen LogP contribution >= 0.6 is 0 Å². The largest absolute Gasteiger partial charge is 0.466 e. The molecule has 0 aliphatic carbocycles. The van der Waals surface area contributed by atoms with Gasteiger partial charge in [-0.05, 0) is 25.7 Å². The minimum absolute atomic E-state index is 0.0233. The summed E-state index contributed by atoms with van der Waals surface area (Å²) in [7, 11) is 0. The van der Waals surface area contributed by atoms with Crippen LogP contribution in [0.25, 0.3) is 0 Å². The maximum Gasteiger partial charge on any atom is 0.305 e. The highest BCUT2D eigenvalue weighted by Gasteiger charge is 2.20. The third kappa shape index (κ3) is 58.1. The third-order valence-corrected chi connectivity index (χ3v) is 15.9. The molecule has 72 heavy (non-hydrogen) atoms. The zero-order valence-electron chi connectivity index (χ0n) is 49.2. The lowest BCUT2D eigenvalue weighted by atomic mass is 10.0. The molecule has 0 aromatic heterocycles. The molecule has 0 radical (unpaired) electrons. The minimum atomic E-state index is -0.659. The summed E-state index contributed by atoms with van der Waals surface area (Å²) in [5.74, 6) is -0.00670. The number of unbranched alkanes of at least 4 members (excludes halogenated alkanes) is 52. The standard InChI is InChI=1S/C66H131NO5/c1-3-5-7-9-11-13-15-16-32-36-40-44-48-52-56-60-66(71)72-61-57-53-49-45-41-37-34-31-29-27-25-23-21-19-17-18-20-22-24-26-28-30-33-35-39-43-47-51-55-59-65(70)67-63(62-68)64(69)58-54-50-46-42-38-14-12-10-8-6-4-2/h63-64,68-69H,3-62H2,1-2H3,(H,67,70). The number of carbonyl (C=O) groups is 2. The summed E-state index contributed by atoms with van der Waals surface area (Å²) in [4.78, 5) is 24.5. The maximum absolute atomic E-state index is 12.5. The fourth-order valence-electron chi connectivity index (χ4n) is 10.8. The number of carbonyl (C=O) groups excluding carboxylic acids is 2. The van der Waals surface area contributed by atoms with Crippen molar-refractivity contribution in [1.29, 1.82) is 0 Å². The molecular weight excluding hydrogens is 887 g/mol. The van der Waals surface area contributed by atoms with Crippen LogP contribution in [-0.2, 0) is 14.3 Å². The van der Waals surface area contributed by atoms with Crippen molar-refractivity contribution in [3.05, 3.63) is 0 Å². The Morgan fingerprint density at radius 3 is 0.847 bits per heavy atom. The average Bonchev–Trinajstić information content (AvgIpc) is 3.38. The van der Waals surface area contributed by atoms with Crippen LogP contribution in [0.4, 0.5) is 0 Å². The van der Waals surface area contributed by atoms with E-state index in [2.05, 4.69) is 19.2 Å². The summed E-state index contributed by atoms with van der Waals surface area (Å²) >= 11 is 0. The molecule has 0 saturated heterocycles. The Labute approximate surface area is 451 Å².